The van der Waals surface area contributed by atoms with E-state index in [1.807, 2.05) is 6.92 Å². The van der Waals surface area contributed by atoms with E-state index >= 15 is 0 Å². The molecule has 1 aliphatic rings. The van der Waals surface area contributed by atoms with Gasteiger partial charge in [-0.1, -0.05) is 5.16 Å². The van der Waals surface area contributed by atoms with Crippen molar-refractivity contribution in [2.45, 2.75) is 19.8 Å². The Balaban J connectivity index is 1.84. The largest absolute Gasteiger partial charge is 0.359 e. The highest BCUT2D eigenvalue weighted by Gasteiger charge is 2.19. The Morgan fingerprint density at radius 2 is 2.37 bits per heavy atom. The molecule has 102 valence electrons. The van der Waals surface area contributed by atoms with Crippen molar-refractivity contribution in [2.75, 3.05) is 31.6 Å². The first-order valence-corrected chi connectivity index (χ1v) is 6.74. The van der Waals surface area contributed by atoms with Crippen LogP contribution >= 0.6 is 0 Å². The van der Waals surface area contributed by atoms with Gasteiger partial charge in [0.05, 0.1) is 5.69 Å². The fraction of sp³-hybridized carbons (Fsp3) is 0.615. The van der Waals surface area contributed by atoms with Gasteiger partial charge < -0.3 is 14.7 Å². The number of aromatic nitrogens is 3. The second-order valence-corrected chi connectivity index (χ2v) is 5.24. The van der Waals surface area contributed by atoms with Gasteiger partial charge in [-0.2, -0.15) is 4.98 Å². The summed E-state index contributed by atoms with van der Waals surface area (Å²) in [5, 5.41) is 8.34. The van der Waals surface area contributed by atoms with Crippen molar-refractivity contribution in [1.29, 1.82) is 0 Å². The molecular weight excluding hydrogens is 242 g/mol. The van der Waals surface area contributed by atoms with Crippen LogP contribution in [0.2, 0.25) is 0 Å². The van der Waals surface area contributed by atoms with Crippen LogP contribution < -0.4 is 10.2 Å². The van der Waals surface area contributed by atoms with Crippen molar-refractivity contribution in [3.05, 3.63) is 12.0 Å². The van der Waals surface area contributed by atoms with E-state index in [9.17, 15) is 0 Å². The molecule has 3 rings (SSSR count). The van der Waals surface area contributed by atoms with Crippen LogP contribution in [0.25, 0.3) is 11.1 Å². The van der Waals surface area contributed by atoms with Gasteiger partial charge in [0.2, 0.25) is 0 Å². The lowest BCUT2D eigenvalue weighted by Gasteiger charge is -2.28. The minimum Gasteiger partial charge on any atom is -0.359 e. The van der Waals surface area contributed by atoms with Gasteiger partial charge in [-0.25, -0.2) is 4.98 Å². The molecule has 1 fully saturated rings. The maximum Gasteiger partial charge on any atom is 0.263 e. The predicted molar refractivity (Wildman–Crippen MR) is 73.2 cm³/mol. The molecule has 3 heterocycles. The third kappa shape index (κ3) is 2.40. The first-order chi connectivity index (χ1) is 9.25. The molecule has 1 saturated heterocycles. The Bertz CT molecular complexity index is 561. The average molecular weight is 261 g/mol. The lowest BCUT2D eigenvalue weighted by Crippen LogP contribution is -2.37. The lowest BCUT2D eigenvalue weighted by atomic mass is 9.99. The average Bonchev–Trinajstić information content (AvgIpc) is 2.82. The second-order valence-electron chi connectivity index (χ2n) is 5.24. The molecule has 19 heavy (non-hydrogen) atoms. The number of fused-ring (bicyclic) bond motifs is 1. The first-order valence-electron chi connectivity index (χ1n) is 6.74. The molecule has 0 saturated carbocycles. The molecule has 1 N–H and O–H groups in total. The minimum absolute atomic E-state index is 0.566. The summed E-state index contributed by atoms with van der Waals surface area (Å²) in [5.74, 6) is 1.58. The number of aryl methyl sites for hydroxylation is 1. The van der Waals surface area contributed by atoms with Crippen molar-refractivity contribution in [1.82, 2.24) is 20.4 Å². The SMILES string of the molecule is Cc1noc2ncnc(N(C)CC3CCCNC3)c12. The van der Waals surface area contributed by atoms with Gasteiger partial charge >= 0.3 is 0 Å². The fourth-order valence-electron chi connectivity index (χ4n) is 2.75. The summed E-state index contributed by atoms with van der Waals surface area (Å²) in [4.78, 5) is 10.7. The number of anilines is 1. The molecule has 1 atom stereocenters. The van der Waals surface area contributed by atoms with Gasteiger partial charge in [0.25, 0.3) is 5.71 Å². The van der Waals surface area contributed by atoms with Crippen LogP contribution in [-0.4, -0.2) is 41.8 Å². The molecule has 6 heteroatoms. The number of hydrogen-bond acceptors (Lipinski definition) is 6. The zero-order valence-electron chi connectivity index (χ0n) is 11.4. The van der Waals surface area contributed by atoms with E-state index in [4.69, 9.17) is 4.52 Å². The van der Waals surface area contributed by atoms with Gasteiger partial charge in [0.1, 0.15) is 17.5 Å². The van der Waals surface area contributed by atoms with Gasteiger partial charge in [0.15, 0.2) is 0 Å². The van der Waals surface area contributed by atoms with Crippen LogP contribution in [0.15, 0.2) is 10.9 Å². The van der Waals surface area contributed by atoms with E-state index in [2.05, 4.69) is 32.4 Å². The summed E-state index contributed by atoms with van der Waals surface area (Å²) in [5.41, 5.74) is 1.41. The zero-order valence-corrected chi connectivity index (χ0v) is 11.4. The standard InChI is InChI=1S/C13H19N5O/c1-9-11-12(15-8-16-13(11)19-17-9)18(2)7-10-4-3-5-14-6-10/h8,10,14H,3-7H2,1-2H3. The molecule has 0 aliphatic carbocycles. The topological polar surface area (TPSA) is 67.1 Å². The monoisotopic (exact) mass is 261 g/mol. The van der Waals surface area contributed by atoms with Crippen molar-refractivity contribution < 1.29 is 4.52 Å². The molecule has 2 aromatic heterocycles. The molecule has 0 aromatic carbocycles. The van der Waals surface area contributed by atoms with Crippen LogP contribution in [0, 0.1) is 12.8 Å². The number of nitrogens with one attached hydrogen (secondary N) is 1. The fourth-order valence-corrected chi connectivity index (χ4v) is 2.75. The maximum absolute atomic E-state index is 5.19. The van der Waals surface area contributed by atoms with Gasteiger partial charge in [-0.3, -0.25) is 0 Å². The maximum atomic E-state index is 5.19. The summed E-state index contributed by atoms with van der Waals surface area (Å²) in [6.07, 6.45) is 4.07. The van der Waals surface area contributed by atoms with Crippen molar-refractivity contribution in [3.63, 3.8) is 0 Å². The highest BCUT2D eigenvalue weighted by atomic mass is 16.5. The van der Waals surface area contributed by atoms with E-state index in [-0.39, 0.29) is 0 Å². The molecule has 0 amide bonds. The van der Waals surface area contributed by atoms with Gasteiger partial charge in [0, 0.05) is 13.6 Å². The summed E-state index contributed by atoms with van der Waals surface area (Å²) in [6.45, 7) is 5.14. The highest BCUT2D eigenvalue weighted by molar-refractivity contribution is 5.87. The smallest absolute Gasteiger partial charge is 0.263 e. The van der Waals surface area contributed by atoms with Crippen LogP contribution in [0.4, 0.5) is 5.82 Å². The molecule has 6 nitrogen and oxygen atoms in total. The number of rotatable bonds is 3. The zero-order chi connectivity index (χ0) is 13.2. The summed E-state index contributed by atoms with van der Waals surface area (Å²) in [6, 6.07) is 0. The third-order valence-corrected chi connectivity index (χ3v) is 3.72. The summed E-state index contributed by atoms with van der Waals surface area (Å²) in [7, 11) is 2.07. The lowest BCUT2D eigenvalue weighted by molar-refractivity contribution is 0.381. The van der Waals surface area contributed by atoms with E-state index in [1.165, 1.54) is 19.2 Å². The molecular formula is C13H19N5O. The summed E-state index contributed by atoms with van der Waals surface area (Å²) < 4.78 is 5.19. The molecule has 0 spiro atoms. The Hall–Kier alpha value is -1.69. The Labute approximate surface area is 112 Å². The predicted octanol–water partition coefficient (Wildman–Crippen LogP) is 1.36. The second kappa shape index (κ2) is 5.13. The molecule has 2 aromatic rings. The van der Waals surface area contributed by atoms with E-state index < -0.39 is 0 Å². The molecule has 0 bridgehead atoms. The van der Waals surface area contributed by atoms with Crippen LogP contribution in [0.3, 0.4) is 0 Å². The van der Waals surface area contributed by atoms with Crippen LogP contribution in [-0.2, 0) is 0 Å². The normalized spacial score (nSPS) is 19.8. The Morgan fingerprint density at radius 1 is 1.47 bits per heavy atom. The van der Waals surface area contributed by atoms with Crippen molar-refractivity contribution in [2.24, 2.45) is 5.92 Å². The minimum atomic E-state index is 0.566. The molecule has 0 radical (unpaired) electrons. The van der Waals surface area contributed by atoms with E-state index in [1.54, 1.807) is 0 Å². The molecule has 1 aliphatic heterocycles. The van der Waals surface area contributed by atoms with Crippen molar-refractivity contribution in [3.8, 4) is 0 Å². The number of piperidine rings is 1. The summed E-state index contributed by atoms with van der Waals surface area (Å²) >= 11 is 0. The van der Waals surface area contributed by atoms with Gasteiger partial charge in [-0.15, -0.1) is 0 Å². The van der Waals surface area contributed by atoms with Crippen LogP contribution in [0.5, 0.6) is 0 Å². The Kier molecular flexibility index (Phi) is 3.33. The third-order valence-electron chi connectivity index (χ3n) is 3.72. The number of hydrogen-bond donors (Lipinski definition) is 1. The first kappa shape index (κ1) is 12.3. The van der Waals surface area contributed by atoms with Gasteiger partial charge in [-0.05, 0) is 38.8 Å². The van der Waals surface area contributed by atoms with E-state index in [0.29, 0.717) is 11.6 Å². The number of nitrogens with zero attached hydrogens (tertiary/aromatic N) is 4. The molecule has 1 unspecified atom stereocenters. The quantitative estimate of drug-likeness (QED) is 0.900. The van der Waals surface area contributed by atoms with Crippen molar-refractivity contribution >= 4 is 16.9 Å². The highest BCUT2D eigenvalue weighted by Crippen LogP contribution is 2.26. The van der Waals surface area contributed by atoms with Crippen LogP contribution in [0.1, 0.15) is 18.5 Å². The Morgan fingerprint density at radius 3 is 3.16 bits per heavy atom. The van der Waals surface area contributed by atoms with E-state index in [0.717, 1.165) is 36.5 Å².